The van der Waals surface area contributed by atoms with E-state index in [0.717, 1.165) is 42.7 Å². The molecule has 3 rings (SSSR count). The van der Waals surface area contributed by atoms with Crippen molar-refractivity contribution in [1.82, 2.24) is 15.3 Å². The molecule has 1 aromatic carbocycles. The Morgan fingerprint density at radius 3 is 3.00 bits per heavy atom. The number of imidazole rings is 1. The van der Waals surface area contributed by atoms with Gasteiger partial charge in [-0.2, -0.15) is 0 Å². The Balaban J connectivity index is 1.65. The summed E-state index contributed by atoms with van der Waals surface area (Å²) in [6.45, 7) is 0.742. The van der Waals surface area contributed by atoms with Crippen molar-refractivity contribution in [3.8, 4) is 0 Å². The number of hydrogen-bond acceptors (Lipinski definition) is 3. The molecule has 1 fully saturated rings. The van der Waals surface area contributed by atoms with Gasteiger partial charge < -0.3 is 15.4 Å². The van der Waals surface area contributed by atoms with E-state index < -0.39 is 0 Å². The van der Waals surface area contributed by atoms with E-state index in [1.54, 1.807) is 0 Å². The summed E-state index contributed by atoms with van der Waals surface area (Å²) in [6, 6.07) is 8.47. The van der Waals surface area contributed by atoms with E-state index in [0.29, 0.717) is 6.04 Å². The SMILES string of the molecule is O[C@H]1CC[C@@H](NCc2nc3ccccc3[nH]2)C1. The third kappa shape index (κ3) is 2.33. The quantitative estimate of drug-likeness (QED) is 0.751. The molecule has 0 saturated heterocycles. The summed E-state index contributed by atoms with van der Waals surface area (Å²) in [5, 5.41) is 12.9. The number of H-pyrrole nitrogens is 1. The number of nitrogens with one attached hydrogen (secondary N) is 2. The zero-order valence-electron chi connectivity index (χ0n) is 9.69. The molecule has 0 aliphatic heterocycles. The van der Waals surface area contributed by atoms with E-state index in [4.69, 9.17) is 0 Å². The number of rotatable bonds is 3. The van der Waals surface area contributed by atoms with Crippen molar-refractivity contribution in [2.24, 2.45) is 0 Å². The van der Waals surface area contributed by atoms with Crippen LogP contribution in [0.5, 0.6) is 0 Å². The predicted molar refractivity (Wildman–Crippen MR) is 66.6 cm³/mol. The lowest BCUT2D eigenvalue weighted by Gasteiger charge is -2.09. The van der Waals surface area contributed by atoms with Crippen molar-refractivity contribution in [2.75, 3.05) is 0 Å². The lowest BCUT2D eigenvalue weighted by Crippen LogP contribution is -2.26. The second kappa shape index (κ2) is 4.47. The zero-order valence-corrected chi connectivity index (χ0v) is 9.69. The molecule has 17 heavy (non-hydrogen) atoms. The van der Waals surface area contributed by atoms with E-state index in [1.807, 2.05) is 24.3 Å². The first-order valence-corrected chi connectivity index (χ1v) is 6.16. The number of aliphatic hydroxyl groups is 1. The van der Waals surface area contributed by atoms with Crippen LogP contribution in [0.1, 0.15) is 25.1 Å². The van der Waals surface area contributed by atoms with E-state index in [2.05, 4.69) is 15.3 Å². The molecule has 1 heterocycles. The normalized spacial score (nSPS) is 24.5. The average molecular weight is 231 g/mol. The van der Waals surface area contributed by atoms with Crippen LogP contribution in [0.4, 0.5) is 0 Å². The van der Waals surface area contributed by atoms with Gasteiger partial charge in [-0.05, 0) is 31.4 Å². The third-order valence-corrected chi connectivity index (χ3v) is 3.40. The zero-order chi connectivity index (χ0) is 11.7. The summed E-state index contributed by atoms with van der Waals surface area (Å²) < 4.78 is 0. The van der Waals surface area contributed by atoms with Crippen molar-refractivity contribution < 1.29 is 5.11 Å². The molecule has 0 bridgehead atoms. The highest BCUT2D eigenvalue weighted by Crippen LogP contribution is 2.19. The molecule has 0 spiro atoms. The molecule has 0 radical (unpaired) electrons. The largest absolute Gasteiger partial charge is 0.393 e. The van der Waals surface area contributed by atoms with Gasteiger partial charge in [-0.3, -0.25) is 0 Å². The summed E-state index contributed by atoms with van der Waals surface area (Å²) in [4.78, 5) is 7.81. The van der Waals surface area contributed by atoms with Crippen molar-refractivity contribution in [3.63, 3.8) is 0 Å². The van der Waals surface area contributed by atoms with Crippen LogP contribution in [0, 0.1) is 0 Å². The number of aromatic nitrogens is 2. The van der Waals surface area contributed by atoms with Gasteiger partial charge in [0.05, 0.1) is 23.7 Å². The number of hydrogen-bond donors (Lipinski definition) is 3. The summed E-state index contributed by atoms with van der Waals surface area (Å²) in [6.07, 6.45) is 2.71. The number of aliphatic hydroxyl groups excluding tert-OH is 1. The van der Waals surface area contributed by atoms with Gasteiger partial charge in [0, 0.05) is 6.04 Å². The molecule has 3 N–H and O–H groups in total. The predicted octanol–water partition coefficient (Wildman–Crippen LogP) is 1.57. The standard InChI is InChI=1S/C13H17N3O/c17-10-6-5-9(7-10)14-8-13-15-11-3-1-2-4-12(11)16-13/h1-4,9-10,14,17H,5-8H2,(H,15,16)/t9-,10+/m1/s1. The summed E-state index contributed by atoms with van der Waals surface area (Å²) >= 11 is 0. The van der Waals surface area contributed by atoms with Gasteiger partial charge >= 0.3 is 0 Å². The number of nitrogens with zero attached hydrogens (tertiary/aromatic N) is 1. The smallest absolute Gasteiger partial charge is 0.121 e. The van der Waals surface area contributed by atoms with Crippen molar-refractivity contribution in [3.05, 3.63) is 30.1 Å². The molecule has 90 valence electrons. The van der Waals surface area contributed by atoms with Gasteiger partial charge in [0.2, 0.25) is 0 Å². The molecule has 4 heteroatoms. The molecular formula is C13H17N3O. The molecule has 2 atom stereocenters. The van der Waals surface area contributed by atoms with E-state index >= 15 is 0 Å². The van der Waals surface area contributed by atoms with Crippen LogP contribution < -0.4 is 5.32 Å². The van der Waals surface area contributed by atoms with Crippen LogP contribution >= 0.6 is 0 Å². The van der Waals surface area contributed by atoms with Gasteiger partial charge in [0.1, 0.15) is 5.82 Å². The fourth-order valence-corrected chi connectivity index (χ4v) is 2.47. The maximum Gasteiger partial charge on any atom is 0.121 e. The number of fused-ring (bicyclic) bond motifs is 1. The first-order chi connectivity index (χ1) is 8.31. The van der Waals surface area contributed by atoms with Crippen molar-refractivity contribution in [1.29, 1.82) is 0 Å². The minimum atomic E-state index is -0.122. The Morgan fingerprint density at radius 2 is 2.24 bits per heavy atom. The molecule has 1 saturated carbocycles. The maximum absolute atomic E-state index is 9.45. The molecule has 1 aliphatic rings. The van der Waals surface area contributed by atoms with Crippen molar-refractivity contribution >= 4 is 11.0 Å². The van der Waals surface area contributed by atoms with E-state index in [9.17, 15) is 5.11 Å². The fraction of sp³-hybridized carbons (Fsp3) is 0.462. The highest BCUT2D eigenvalue weighted by atomic mass is 16.3. The highest BCUT2D eigenvalue weighted by Gasteiger charge is 2.22. The van der Waals surface area contributed by atoms with Crippen LogP contribution in [0.3, 0.4) is 0 Å². The van der Waals surface area contributed by atoms with E-state index in [1.165, 1.54) is 0 Å². The Hall–Kier alpha value is -1.39. The van der Waals surface area contributed by atoms with Crippen LogP contribution in [0.25, 0.3) is 11.0 Å². The van der Waals surface area contributed by atoms with Gasteiger partial charge in [0.25, 0.3) is 0 Å². The first-order valence-electron chi connectivity index (χ1n) is 6.16. The summed E-state index contributed by atoms with van der Waals surface area (Å²) in [5.74, 6) is 0.965. The molecule has 0 unspecified atom stereocenters. The second-order valence-corrected chi connectivity index (χ2v) is 4.75. The minimum absolute atomic E-state index is 0.122. The average Bonchev–Trinajstić information content (AvgIpc) is 2.91. The van der Waals surface area contributed by atoms with Gasteiger partial charge in [-0.25, -0.2) is 4.98 Å². The summed E-state index contributed by atoms with van der Waals surface area (Å²) in [5.41, 5.74) is 2.09. The number of para-hydroxylation sites is 2. The molecular weight excluding hydrogens is 214 g/mol. The molecule has 4 nitrogen and oxygen atoms in total. The Labute approximate surface area is 100 Å². The second-order valence-electron chi connectivity index (χ2n) is 4.75. The van der Waals surface area contributed by atoms with Crippen LogP contribution in [0.2, 0.25) is 0 Å². The van der Waals surface area contributed by atoms with Gasteiger partial charge in [-0.15, -0.1) is 0 Å². The molecule has 2 aromatic rings. The van der Waals surface area contributed by atoms with Crippen LogP contribution in [-0.2, 0) is 6.54 Å². The maximum atomic E-state index is 9.45. The van der Waals surface area contributed by atoms with E-state index in [-0.39, 0.29) is 6.10 Å². The third-order valence-electron chi connectivity index (χ3n) is 3.40. The Bertz CT molecular complexity index is 475. The summed E-state index contributed by atoms with van der Waals surface area (Å²) in [7, 11) is 0. The molecule has 0 amide bonds. The highest BCUT2D eigenvalue weighted by molar-refractivity contribution is 5.74. The topological polar surface area (TPSA) is 60.9 Å². The lowest BCUT2D eigenvalue weighted by molar-refractivity contribution is 0.179. The lowest BCUT2D eigenvalue weighted by atomic mass is 10.2. The monoisotopic (exact) mass is 231 g/mol. The number of benzene rings is 1. The molecule has 1 aromatic heterocycles. The Morgan fingerprint density at radius 1 is 1.35 bits per heavy atom. The van der Waals surface area contributed by atoms with Crippen LogP contribution in [-0.4, -0.2) is 27.2 Å². The number of aromatic amines is 1. The minimum Gasteiger partial charge on any atom is -0.393 e. The fourth-order valence-electron chi connectivity index (χ4n) is 2.47. The van der Waals surface area contributed by atoms with Crippen LogP contribution in [0.15, 0.2) is 24.3 Å². The van der Waals surface area contributed by atoms with Gasteiger partial charge in [-0.1, -0.05) is 12.1 Å². The van der Waals surface area contributed by atoms with Gasteiger partial charge in [0.15, 0.2) is 0 Å². The Kier molecular flexibility index (Phi) is 2.82. The van der Waals surface area contributed by atoms with Crippen molar-refractivity contribution in [2.45, 2.75) is 38.0 Å². The molecule has 1 aliphatic carbocycles. The first kappa shape index (κ1) is 10.7.